The average Bonchev–Trinajstić information content (AvgIpc) is 3.45. The lowest BCUT2D eigenvalue weighted by Crippen LogP contribution is -2.46. The van der Waals surface area contributed by atoms with Crippen LogP contribution in [-0.2, 0) is 20.6 Å². The van der Waals surface area contributed by atoms with Crippen LogP contribution in [0, 0.1) is 0 Å². The van der Waals surface area contributed by atoms with Crippen molar-refractivity contribution in [1.82, 2.24) is 10.2 Å². The molecule has 1 unspecified atom stereocenters. The smallest absolute Gasteiger partial charge is 0.416 e. The predicted molar refractivity (Wildman–Crippen MR) is 144 cm³/mol. The molecule has 8 nitrogen and oxygen atoms in total. The van der Waals surface area contributed by atoms with Gasteiger partial charge in [-0.2, -0.15) is 26.3 Å². The van der Waals surface area contributed by atoms with E-state index in [0.29, 0.717) is 5.69 Å². The first-order valence-electron chi connectivity index (χ1n) is 12.7. The third-order valence-corrected chi connectivity index (χ3v) is 6.08. The SMILES string of the molecule is O=C(CN(CC(=O)Nc1ccc(Oc2ccc(C(F)(F)F)cc2)cc1)C(=O)C1=CCC(C(F)(F)F)N1)Nc1ccccc1. The second-order valence-electron chi connectivity index (χ2n) is 9.36. The lowest BCUT2D eigenvalue weighted by Gasteiger charge is -2.24. The minimum atomic E-state index is -4.60. The highest BCUT2D eigenvalue weighted by Gasteiger charge is 2.43. The van der Waals surface area contributed by atoms with Crippen LogP contribution >= 0.6 is 0 Å². The van der Waals surface area contributed by atoms with Gasteiger partial charge in [0.25, 0.3) is 5.91 Å². The Balaban J connectivity index is 1.39. The molecule has 1 atom stereocenters. The zero-order chi connectivity index (χ0) is 31.2. The third-order valence-electron chi connectivity index (χ3n) is 6.08. The molecule has 3 aromatic carbocycles. The Morgan fingerprint density at radius 1 is 0.767 bits per heavy atom. The zero-order valence-corrected chi connectivity index (χ0v) is 22.1. The molecular formula is C29H24F6N4O4. The maximum atomic E-state index is 13.1. The molecule has 43 heavy (non-hydrogen) atoms. The summed E-state index contributed by atoms with van der Waals surface area (Å²) in [6, 6.07) is 16.1. The highest BCUT2D eigenvalue weighted by molar-refractivity contribution is 6.02. The van der Waals surface area contributed by atoms with Crippen LogP contribution in [-0.4, -0.2) is 47.9 Å². The zero-order valence-electron chi connectivity index (χ0n) is 22.1. The Bertz CT molecular complexity index is 1470. The summed E-state index contributed by atoms with van der Waals surface area (Å²) >= 11 is 0. The van der Waals surface area contributed by atoms with E-state index in [4.69, 9.17) is 4.74 Å². The number of anilines is 2. The van der Waals surface area contributed by atoms with E-state index in [2.05, 4.69) is 16.0 Å². The maximum absolute atomic E-state index is 13.1. The molecule has 14 heteroatoms. The van der Waals surface area contributed by atoms with Gasteiger partial charge in [-0.1, -0.05) is 24.3 Å². The van der Waals surface area contributed by atoms with Crippen LogP contribution in [0.4, 0.5) is 37.7 Å². The van der Waals surface area contributed by atoms with Crippen molar-refractivity contribution in [2.45, 2.75) is 24.8 Å². The van der Waals surface area contributed by atoms with E-state index in [1.165, 1.54) is 24.3 Å². The van der Waals surface area contributed by atoms with Gasteiger partial charge in [0.2, 0.25) is 11.8 Å². The average molecular weight is 607 g/mol. The van der Waals surface area contributed by atoms with E-state index >= 15 is 0 Å². The van der Waals surface area contributed by atoms with Crippen molar-refractivity contribution < 1.29 is 45.5 Å². The number of amides is 3. The number of nitrogens with one attached hydrogen (secondary N) is 3. The number of carbonyl (C=O) groups is 3. The number of para-hydroxylation sites is 1. The van der Waals surface area contributed by atoms with Gasteiger partial charge < -0.3 is 25.6 Å². The molecular weight excluding hydrogens is 582 g/mol. The van der Waals surface area contributed by atoms with Gasteiger partial charge in [-0.05, 0) is 67.1 Å². The number of hydrogen-bond acceptors (Lipinski definition) is 5. The Labute approximate surface area is 241 Å². The summed E-state index contributed by atoms with van der Waals surface area (Å²) in [5.74, 6) is -1.99. The number of rotatable bonds is 9. The summed E-state index contributed by atoms with van der Waals surface area (Å²) in [5, 5.41) is 7.19. The minimum Gasteiger partial charge on any atom is -0.457 e. The van der Waals surface area contributed by atoms with Crippen LogP contribution in [0.1, 0.15) is 12.0 Å². The number of ether oxygens (including phenoxy) is 1. The molecule has 0 saturated heterocycles. The van der Waals surface area contributed by atoms with Crippen molar-refractivity contribution in [2.24, 2.45) is 0 Å². The van der Waals surface area contributed by atoms with E-state index in [1.54, 1.807) is 30.3 Å². The molecule has 0 bridgehead atoms. The molecule has 0 fully saturated rings. The van der Waals surface area contributed by atoms with Gasteiger partial charge in [-0.3, -0.25) is 14.4 Å². The number of benzene rings is 3. The second kappa shape index (κ2) is 12.9. The van der Waals surface area contributed by atoms with Gasteiger partial charge in [-0.15, -0.1) is 0 Å². The lowest BCUT2D eigenvalue weighted by molar-refractivity contribution is -0.152. The molecule has 0 aliphatic carbocycles. The second-order valence-corrected chi connectivity index (χ2v) is 9.36. The van der Waals surface area contributed by atoms with Gasteiger partial charge >= 0.3 is 12.4 Å². The van der Waals surface area contributed by atoms with Crippen LogP contribution < -0.4 is 20.7 Å². The molecule has 1 aliphatic rings. The van der Waals surface area contributed by atoms with Gasteiger partial charge in [0.05, 0.1) is 11.3 Å². The van der Waals surface area contributed by atoms with Gasteiger partial charge in [0, 0.05) is 11.4 Å². The number of hydrogen-bond donors (Lipinski definition) is 3. The van der Waals surface area contributed by atoms with Crippen molar-refractivity contribution in [1.29, 1.82) is 0 Å². The monoisotopic (exact) mass is 606 g/mol. The number of halogens is 6. The summed E-state index contributed by atoms with van der Waals surface area (Å²) in [7, 11) is 0. The topological polar surface area (TPSA) is 99.8 Å². The fourth-order valence-electron chi connectivity index (χ4n) is 4.00. The highest BCUT2D eigenvalue weighted by atomic mass is 19.4. The minimum absolute atomic E-state index is 0.148. The standard InChI is InChI=1S/C29H24F6N4O4/c30-28(31,32)18-6-10-21(11-7-18)43-22-12-8-20(9-13-22)37-26(41)17-39(16-25(40)36-19-4-2-1-3-5-19)27(42)23-14-15-24(38-23)29(33,34)35/h1-14,24,38H,15-17H2,(H,36,40)(H,37,41). The van der Waals surface area contributed by atoms with E-state index in [9.17, 15) is 40.7 Å². The molecule has 0 saturated carbocycles. The first-order chi connectivity index (χ1) is 20.3. The molecule has 4 rings (SSSR count). The molecule has 226 valence electrons. The summed E-state index contributed by atoms with van der Waals surface area (Å²) in [6.45, 7) is -1.29. The first-order valence-corrected chi connectivity index (χ1v) is 12.7. The maximum Gasteiger partial charge on any atom is 0.416 e. The van der Waals surface area contributed by atoms with Crippen molar-refractivity contribution >= 4 is 29.1 Å². The van der Waals surface area contributed by atoms with Crippen LogP contribution in [0.2, 0.25) is 0 Å². The fourth-order valence-corrected chi connectivity index (χ4v) is 4.00. The fraction of sp³-hybridized carbons (Fsp3) is 0.207. The van der Waals surface area contributed by atoms with Gasteiger partial charge in [-0.25, -0.2) is 0 Å². The van der Waals surface area contributed by atoms with Crippen LogP contribution in [0.25, 0.3) is 0 Å². The summed E-state index contributed by atoms with van der Waals surface area (Å²) < 4.78 is 83.1. The first kappa shape index (κ1) is 30.9. The summed E-state index contributed by atoms with van der Waals surface area (Å²) in [4.78, 5) is 39.3. The quantitative estimate of drug-likeness (QED) is 0.271. The summed E-state index contributed by atoms with van der Waals surface area (Å²) in [6.07, 6.45) is -8.51. The number of alkyl halides is 6. The Kier molecular flexibility index (Phi) is 9.27. The third kappa shape index (κ3) is 8.74. The summed E-state index contributed by atoms with van der Waals surface area (Å²) in [5.41, 5.74) is -0.546. The van der Waals surface area contributed by atoms with Crippen LogP contribution in [0.15, 0.2) is 90.6 Å². The molecule has 3 amide bonds. The van der Waals surface area contributed by atoms with Gasteiger partial charge in [0.1, 0.15) is 30.6 Å². The molecule has 1 heterocycles. The van der Waals surface area contributed by atoms with Crippen molar-refractivity contribution in [3.63, 3.8) is 0 Å². The predicted octanol–water partition coefficient (Wildman–Crippen LogP) is 5.71. The molecule has 0 aromatic heterocycles. The van der Waals surface area contributed by atoms with Crippen molar-refractivity contribution in [3.8, 4) is 11.5 Å². The number of nitrogens with zero attached hydrogens (tertiary/aromatic N) is 1. The molecule has 0 spiro atoms. The van der Waals surface area contributed by atoms with E-state index in [-0.39, 0.29) is 22.9 Å². The van der Waals surface area contributed by atoms with Crippen LogP contribution in [0.3, 0.4) is 0 Å². The van der Waals surface area contributed by atoms with Crippen molar-refractivity contribution in [3.05, 3.63) is 96.2 Å². The Hall–Kier alpha value is -5.01. The molecule has 3 aromatic rings. The Morgan fingerprint density at radius 3 is 1.77 bits per heavy atom. The largest absolute Gasteiger partial charge is 0.457 e. The molecule has 0 radical (unpaired) electrons. The molecule has 3 N–H and O–H groups in total. The van der Waals surface area contributed by atoms with Crippen molar-refractivity contribution in [2.75, 3.05) is 23.7 Å². The van der Waals surface area contributed by atoms with E-state index in [0.717, 1.165) is 35.2 Å². The van der Waals surface area contributed by atoms with Crippen LogP contribution in [0.5, 0.6) is 11.5 Å². The normalized spacial score (nSPS) is 14.7. The number of carbonyl (C=O) groups excluding carboxylic acids is 3. The molecule has 1 aliphatic heterocycles. The van der Waals surface area contributed by atoms with Gasteiger partial charge in [0.15, 0.2) is 0 Å². The Morgan fingerprint density at radius 2 is 1.28 bits per heavy atom. The highest BCUT2D eigenvalue weighted by Crippen LogP contribution is 2.32. The van der Waals surface area contributed by atoms with E-state index in [1.807, 2.05) is 0 Å². The lowest BCUT2D eigenvalue weighted by atomic mass is 10.2. The van der Waals surface area contributed by atoms with E-state index < -0.39 is 61.2 Å².